The lowest BCUT2D eigenvalue weighted by Gasteiger charge is -2.13. The van der Waals surface area contributed by atoms with Gasteiger partial charge in [0, 0.05) is 5.56 Å². The van der Waals surface area contributed by atoms with Crippen molar-refractivity contribution in [1.82, 2.24) is 0 Å². The number of aryl methyl sites for hydroxylation is 1. The Labute approximate surface area is 113 Å². The molecule has 0 N–H and O–H groups in total. The first kappa shape index (κ1) is 16.5. The molecule has 0 bridgehead atoms. The summed E-state index contributed by atoms with van der Waals surface area (Å²) in [7, 11) is 0. The van der Waals surface area contributed by atoms with Crippen molar-refractivity contribution in [1.29, 1.82) is 0 Å². The lowest BCUT2D eigenvalue weighted by Crippen LogP contribution is -1.97. The van der Waals surface area contributed by atoms with Gasteiger partial charge in [-0.25, -0.2) is 0 Å². The zero-order valence-corrected chi connectivity index (χ0v) is 12.7. The van der Waals surface area contributed by atoms with Crippen LogP contribution in [0.2, 0.25) is 0 Å². The lowest BCUT2D eigenvalue weighted by atomic mass is 9.92. The van der Waals surface area contributed by atoms with Gasteiger partial charge in [0.15, 0.2) is 0 Å². The number of rotatable bonds is 0. The second-order valence-electron chi connectivity index (χ2n) is 3.78. The van der Waals surface area contributed by atoms with Crippen LogP contribution in [0.25, 0.3) is 6.08 Å². The summed E-state index contributed by atoms with van der Waals surface area (Å²) in [6.07, 6.45) is 4.63. The molecule has 0 unspecified atom stereocenters. The van der Waals surface area contributed by atoms with Gasteiger partial charge in [-0.15, -0.1) is 5.92 Å². The molecule has 2 rings (SSSR count). The first-order chi connectivity index (χ1) is 8.79. The van der Waals surface area contributed by atoms with E-state index in [4.69, 9.17) is 0 Å². The van der Waals surface area contributed by atoms with Crippen molar-refractivity contribution in [3.8, 4) is 11.8 Å². The fraction of sp³-hybridized carbons (Fsp3) is 0.444. The quantitative estimate of drug-likeness (QED) is 0.530. The Morgan fingerprint density at radius 1 is 1.00 bits per heavy atom. The summed E-state index contributed by atoms with van der Waals surface area (Å²) in [4.78, 5) is 0. The van der Waals surface area contributed by atoms with Gasteiger partial charge in [-0.3, -0.25) is 0 Å². The van der Waals surface area contributed by atoms with Crippen LogP contribution in [0.4, 0.5) is 0 Å². The highest BCUT2D eigenvalue weighted by Crippen LogP contribution is 2.24. The highest BCUT2D eigenvalue weighted by molar-refractivity contribution is 5.60. The van der Waals surface area contributed by atoms with E-state index in [0.717, 1.165) is 12.0 Å². The molecule has 0 fully saturated rings. The van der Waals surface area contributed by atoms with Crippen LogP contribution >= 0.6 is 0 Å². The maximum absolute atomic E-state index is 3.10. The summed E-state index contributed by atoms with van der Waals surface area (Å²) in [6.45, 7) is 12.1. The van der Waals surface area contributed by atoms with Gasteiger partial charge in [0.2, 0.25) is 0 Å². The van der Waals surface area contributed by atoms with E-state index < -0.39 is 0 Å². The van der Waals surface area contributed by atoms with Crippen molar-refractivity contribution in [2.45, 2.75) is 54.4 Å². The third-order valence-corrected chi connectivity index (χ3v) is 2.60. The van der Waals surface area contributed by atoms with Crippen molar-refractivity contribution in [3.63, 3.8) is 0 Å². The Hall–Kier alpha value is -1.48. The van der Waals surface area contributed by atoms with Crippen LogP contribution in [0.3, 0.4) is 0 Å². The molecule has 0 spiro atoms. The van der Waals surface area contributed by atoms with Crippen LogP contribution < -0.4 is 0 Å². The van der Waals surface area contributed by atoms with E-state index in [1.54, 1.807) is 0 Å². The number of fused-ring (bicyclic) bond motifs is 1. The monoisotopic (exact) mass is 242 g/mol. The molecule has 0 aromatic heterocycles. The Morgan fingerprint density at radius 3 is 2.28 bits per heavy atom. The molecule has 0 heteroatoms. The van der Waals surface area contributed by atoms with Crippen LogP contribution in [0.5, 0.6) is 0 Å². The van der Waals surface area contributed by atoms with E-state index in [9.17, 15) is 0 Å². The first-order valence-electron chi connectivity index (χ1n) is 7.02. The highest BCUT2D eigenvalue weighted by Gasteiger charge is 2.07. The van der Waals surface area contributed by atoms with Gasteiger partial charge in [0.25, 0.3) is 0 Å². The van der Waals surface area contributed by atoms with Crippen LogP contribution in [0.15, 0.2) is 23.8 Å². The number of hydrogen-bond acceptors (Lipinski definition) is 0. The molecule has 98 valence electrons. The second-order valence-corrected chi connectivity index (χ2v) is 3.78. The van der Waals surface area contributed by atoms with Gasteiger partial charge in [0.1, 0.15) is 0 Å². The van der Waals surface area contributed by atoms with Crippen molar-refractivity contribution in [2.24, 2.45) is 0 Å². The molecule has 0 saturated heterocycles. The largest absolute Gasteiger partial charge is 0.101 e. The Morgan fingerprint density at radius 2 is 1.67 bits per heavy atom. The zero-order valence-electron chi connectivity index (χ0n) is 12.7. The van der Waals surface area contributed by atoms with Crippen LogP contribution in [0, 0.1) is 11.8 Å². The third-order valence-electron chi connectivity index (χ3n) is 2.60. The van der Waals surface area contributed by atoms with Gasteiger partial charge < -0.3 is 0 Å². The molecule has 0 heterocycles. The molecule has 0 nitrogen and oxygen atoms in total. The minimum absolute atomic E-state index is 1.14. The number of benzene rings is 1. The van der Waals surface area contributed by atoms with Crippen LogP contribution in [0.1, 0.15) is 64.7 Å². The Balaban J connectivity index is 0.000000659. The summed E-state index contributed by atoms with van der Waals surface area (Å²) in [5, 5.41) is 0. The number of hydrogen-bond donors (Lipinski definition) is 0. The molecule has 1 aliphatic rings. The van der Waals surface area contributed by atoms with Gasteiger partial charge in [0.05, 0.1) is 0 Å². The minimum Gasteiger partial charge on any atom is -0.101 e. The summed E-state index contributed by atoms with van der Waals surface area (Å²) in [6, 6.07) is 6.50. The predicted molar refractivity (Wildman–Crippen MR) is 83.7 cm³/mol. The molecule has 1 aromatic carbocycles. The fourth-order valence-corrected chi connectivity index (χ4v) is 1.85. The van der Waals surface area contributed by atoms with Crippen molar-refractivity contribution < 1.29 is 0 Å². The summed E-state index contributed by atoms with van der Waals surface area (Å²) >= 11 is 0. The average Bonchev–Trinajstić information content (AvgIpc) is 2.44. The van der Waals surface area contributed by atoms with Gasteiger partial charge in [-0.05, 0) is 49.9 Å². The van der Waals surface area contributed by atoms with Gasteiger partial charge >= 0.3 is 0 Å². The molecule has 0 amide bonds. The van der Waals surface area contributed by atoms with Crippen molar-refractivity contribution >= 4 is 6.08 Å². The Kier molecular flexibility index (Phi) is 8.76. The molecule has 0 saturated carbocycles. The summed E-state index contributed by atoms with van der Waals surface area (Å²) < 4.78 is 0. The lowest BCUT2D eigenvalue weighted by molar-refractivity contribution is 0.927. The predicted octanol–water partition coefficient (Wildman–Crippen LogP) is 5.46. The normalized spacial score (nSPS) is 11.3. The molecule has 18 heavy (non-hydrogen) atoms. The van der Waals surface area contributed by atoms with E-state index in [1.165, 1.54) is 23.1 Å². The van der Waals surface area contributed by atoms with Gasteiger partial charge in [-0.2, -0.15) is 0 Å². The Bertz CT molecular complexity index is 439. The van der Waals surface area contributed by atoms with E-state index in [0.29, 0.717) is 0 Å². The molecular weight excluding hydrogens is 216 g/mol. The SMILES string of the molecule is CC.CC.CC#Cc1ccc2c(c1)CCC(C)=C2. The van der Waals surface area contributed by atoms with E-state index in [2.05, 4.69) is 43.0 Å². The summed E-state index contributed by atoms with van der Waals surface area (Å²) in [5.41, 5.74) is 5.43. The van der Waals surface area contributed by atoms with Crippen molar-refractivity contribution in [2.75, 3.05) is 0 Å². The van der Waals surface area contributed by atoms with E-state index in [-0.39, 0.29) is 0 Å². The fourth-order valence-electron chi connectivity index (χ4n) is 1.85. The minimum atomic E-state index is 1.14. The molecule has 0 atom stereocenters. The molecular formula is C18H26. The zero-order chi connectivity index (χ0) is 14.0. The molecule has 0 radical (unpaired) electrons. The molecule has 1 aromatic rings. The van der Waals surface area contributed by atoms with Gasteiger partial charge in [-0.1, -0.05) is 51.3 Å². The molecule has 1 aliphatic carbocycles. The molecule has 0 aliphatic heterocycles. The standard InChI is InChI=1S/C14H14.2C2H6/c1-3-4-12-6-8-13-9-11(2)5-7-14(13)10-12;2*1-2/h6,8-10H,5,7H2,1-2H3;2*1-2H3. The van der Waals surface area contributed by atoms with Crippen LogP contribution in [-0.4, -0.2) is 0 Å². The summed E-state index contributed by atoms with van der Waals surface area (Å²) in [5.74, 6) is 6.03. The first-order valence-corrected chi connectivity index (χ1v) is 7.02. The maximum Gasteiger partial charge on any atom is 0.0248 e. The van der Waals surface area contributed by atoms with E-state index in [1.807, 2.05) is 34.6 Å². The van der Waals surface area contributed by atoms with E-state index >= 15 is 0 Å². The topological polar surface area (TPSA) is 0 Å². The number of allylic oxidation sites excluding steroid dienone is 1. The maximum atomic E-state index is 3.10. The van der Waals surface area contributed by atoms with Crippen LogP contribution in [-0.2, 0) is 6.42 Å². The smallest absolute Gasteiger partial charge is 0.0248 e. The average molecular weight is 242 g/mol. The van der Waals surface area contributed by atoms with Crippen molar-refractivity contribution in [3.05, 3.63) is 40.5 Å². The second kappa shape index (κ2) is 9.54. The highest BCUT2D eigenvalue weighted by atomic mass is 14.1. The third kappa shape index (κ3) is 4.80.